The first kappa shape index (κ1) is 23.1. The van der Waals surface area contributed by atoms with Crippen molar-refractivity contribution in [1.29, 1.82) is 0 Å². The van der Waals surface area contributed by atoms with E-state index in [0.29, 0.717) is 41.7 Å². The maximum Gasteiger partial charge on any atom is 0.307 e. The fourth-order valence-electron chi connectivity index (χ4n) is 4.58. The summed E-state index contributed by atoms with van der Waals surface area (Å²) in [5.41, 5.74) is 0.0781. The van der Waals surface area contributed by atoms with Gasteiger partial charge in [0.1, 0.15) is 28.0 Å². The van der Waals surface area contributed by atoms with Crippen LogP contribution in [-0.2, 0) is 10.4 Å². The molecule has 1 fully saturated rings. The molecule has 8 nitrogen and oxygen atoms in total. The number of carbonyl (C=O) groups is 1. The topological polar surface area (TPSA) is 117 Å². The highest BCUT2D eigenvalue weighted by molar-refractivity contribution is 7.15. The summed E-state index contributed by atoms with van der Waals surface area (Å²) in [6, 6.07) is 7.46. The van der Waals surface area contributed by atoms with Gasteiger partial charge in [0.2, 0.25) is 0 Å². The minimum Gasteiger partial charge on any atom is -0.497 e. The predicted molar refractivity (Wildman–Crippen MR) is 127 cm³/mol. The van der Waals surface area contributed by atoms with Gasteiger partial charge in [0.25, 0.3) is 0 Å². The molecule has 1 saturated carbocycles. The molecule has 1 aliphatic carbocycles. The number of nitrogens with zero attached hydrogens (tertiary/aromatic N) is 3. The van der Waals surface area contributed by atoms with Crippen molar-refractivity contribution in [2.45, 2.75) is 45.6 Å². The number of aryl methyl sites for hydroxylation is 1. The molecule has 0 aliphatic heterocycles. The Hall–Kier alpha value is -3.04. The summed E-state index contributed by atoms with van der Waals surface area (Å²) in [7, 11) is 1.60. The van der Waals surface area contributed by atoms with Crippen LogP contribution in [0.3, 0.4) is 0 Å². The number of ether oxygens (including phenoxy) is 1. The van der Waals surface area contributed by atoms with E-state index in [9.17, 15) is 15.0 Å². The number of aliphatic hydroxyl groups is 1. The van der Waals surface area contributed by atoms with Crippen molar-refractivity contribution < 1.29 is 19.7 Å². The SMILES string of the molecule is COc1ccnc(Nc2cc(C)cc(-c3cnc([C@]4(O)CC[C@@H](C(=O)O)C(C)(C)C4)s3)n2)c1. The van der Waals surface area contributed by atoms with Crippen LogP contribution in [0.4, 0.5) is 11.6 Å². The van der Waals surface area contributed by atoms with E-state index in [2.05, 4.69) is 15.3 Å². The molecule has 0 aromatic carbocycles. The van der Waals surface area contributed by atoms with E-state index < -0.39 is 22.9 Å². The van der Waals surface area contributed by atoms with Crippen molar-refractivity contribution in [3.8, 4) is 16.3 Å². The van der Waals surface area contributed by atoms with Gasteiger partial charge in [0, 0.05) is 18.5 Å². The number of methoxy groups -OCH3 is 1. The zero-order chi connectivity index (χ0) is 23.8. The van der Waals surface area contributed by atoms with Crippen molar-refractivity contribution in [2.75, 3.05) is 12.4 Å². The van der Waals surface area contributed by atoms with Crippen molar-refractivity contribution in [3.63, 3.8) is 0 Å². The third-order valence-corrected chi connectivity index (χ3v) is 7.40. The van der Waals surface area contributed by atoms with E-state index in [1.165, 1.54) is 11.3 Å². The van der Waals surface area contributed by atoms with Crippen LogP contribution in [0.5, 0.6) is 5.75 Å². The van der Waals surface area contributed by atoms with Gasteiger partial charge >= 0.3 is 5.97 Å². The van der Waals surface area contributed by atoms with Gasteiger partial charge in [-0.05, 0) is 55.4 Å². The quantitative estimate of drug-likeness (QED) is 0.474. The summed E-state index contributed by atoms with van der Waals surface area (Å²) in [6.45, 7) is 5.79. The molecule has 1 aliphatic rings. The first-order valence-electron chi connectivity index (χ1n) is 10.8. The van der Waals surface area contributed by atoms with Crippen LogP contribution < -0.4 is 10.1 Å². The molecule has 0 unspecified atom stereocenters. The molecule has 0 spiro atoms. The largest absolute Gasteiger partial charge is 0.497 e. The molecule has 4 rings (SSSR count). The third-order valence-electron chi connectivity index (χ3n) is 6.19. The highest BCUT2D eigenvalue weighted by Gasteiger charge is 2.49. The average molecular weight is 469 g/mol. The minimum atomic E-state index is -1.15. The Labute approximate surface area is 196 Å². The zero-order valence-electron chi connectivity index (χ0n) is 19.1. The van der Waals surface area contributed by atoms with Gasteiger partial charge < -0.3 is 20.3 Å². The lowest BCUT2D eigenvalue weighted by Gasteiger charge is -2.44. The standard InChI is InChI=1S/C24H28N4O4S/c1-14-9-17(27-20(10-14)28-19-11-15(32-4)6-8-25-19)18-12-26-22(33-18)24(31)7-5-16(21(29)30)23(2,3)13-24/h6,8-12,16,31H,5,7,13H2,1-4H3,(H,29,30)(H,25,27,28)/t16-,24-/m0/s1. The van der Waals surface area contributed by atoms with E-state index in [-0.39, 0.29) is 0 Å². The van der Waals surface area contributed by atoms with Gasteiger partial charge in [0.15, 0.2) is 0 Å². The Balaban J connectivity index is 1.59. The van der Waals surface area contributed by atoms with Crippen LogP contribution in [-0.4, -0.2) is 38.2 Å². The Morgan fingerprint density at radius 3 is 2.73 bits per heavy atom. The maximum atomic E-state index is 11.6. The normalized spacial score (nSPS) is 22.0. The molecule has 33 heavy (non-hydrogen) atoms. The van der Waals surface area contributed by atoms with Crippen LogP contribution in [0.15, 0.2) is 36.7 Å². The molecular weight excluding hydrogens is 440 g/mol. The summed E-state index contributed by atoms with van der Waals surface area (Å²) in [4.78, 5) is 26.0. The molecule has 174 valence electrons. The fraction of sp³-hybridized carbons (Fsp3) is 0.417. The van der Waals surface area contributed by atoms with Crippen LogP contribution >= 0.6 is 11.3 Å². The van der Waals surface area contributed by atoms with Crippen molar-refractivity contribution in [3.05, 3.63) is 47.2 Å². The molecule has 2 atom stereocenters. The number of hydrogen-bond donors (Lipinski definition) is 3. The highest BCUT2D eigenvalue weighted by Crippen LogP contribution is 2.50. The lowest BCUT2D eigenvalue weighted by atomic mass is 9.63. The van der Waals surface area contributed by atoms with E-state index in [1.54, 1.807) is 31.6 Å². The number of carboxylic acid groups (broad SMARTS) is 1. The van der Waals surface area contributed by atoms with Crippen LogP contribution in [0, 0.1) is 18.3 Å². The number of thiazole rings is 1. The summed E-state index contributed by atoms with van der Waals surface area (Å²) >= 11 is 1.40. The van der Waals surface area contributed by atoms with Crippen LogP contribution in [0.1, 0.15) is 43.7 Å². The van der Waals surface area contributed by atoms with Gasteiger partial charge in [-0.2, -0.15) is 0 Å². The van der Waals surface area contributed by atoms with Crippen molar-refractivity contribution in [2.24, 2.45) is 11.3 Å². The molecule has 0 saturated heterocycles. The van der Waals surface area contributed by atoms with Crippen molar-refractivity contribution in [1.82, 2.24) is 15.0 Å². The van der Waals surface area contributed by atoms with E-state index in [1.807, 2.05) is 32.9 Å². The maximum absolute atomic E-state index is 11.6. The van der Waals surface area contributed by atoms with Gasteiger partial charge in [-0.15, -0.1) is 11.3 Å². The molecule has 3 aromatic rings. The van der Waals surface area contributed by atoms with Gasteiger partial charge in [-0.3, -0.25) is 4.79 Å². The molecular formula is C24H28N4O4S. The molecule has 0 radical (unpaired) electrons. The number of nitrogens with one attached hydrogen (secondary N) is 1. The van der Waals surface area contributed by atoms with Gasteiger partial charge in [0.05, 0.1) is 23.6 Å². The number of hydrogen-bond acceptors (Lipinski definition) is 8. The minimum absolute atomic E-state index is 0.347. The second kappa shape index (κ2) is 8.72. The zero-order valence-corrected chi connectivity index (χ0v) is 19.9. The summed E-state index contributed by atoms with van der Waals surface area (Å²) in [5.74, 6) is 0.671. The van der Waals surface area contributed by atoms with E-state index in [4.69, 9.17) is 9.72 Å². The number of aromatic nitrogens is 3. The lowest BCUT2D eigenvalue weighted by molar-refractivity contribution is -0.154. The number of aliphatic carboxylic acids is 1. The second-order valence-corrected chi connectivity index (χ2v) is 10.3. The summed E-state index contributed by atoms with van der Waals surface area (Å²) in [6.07, 6.45) is 4.52. The molecule has 3 heterocycles. The molecule has 3 N–H and O–H groups in total. The second-order valence-electron chi connectivity index (χ2n) is 9.28. The lowest BCUT2D eigenvalue weighted by Crippen LogP contribution is -2.44. The van der Waals surface area contributed by atoms with E-state index in [0.717, 1.165) is 16.1 Å². The number of pyridine rings is 2. The van der Waals surface area contributed by atoms with E-state index >= 15 is 0 Å². The van der Waals surface area contributed by atoms with Crippen LogP contribution in [0.2, 0.25) is 0 Å². The average Bonchev–Trinajstić information content (AvgIpc) is 3.24. The molecule has 0 amide bonds. The van der Waals surface area contributed by atoms with Gasteiger partial charge in [-0.25, -0.2) is 15.0 Å². The number of anilines is 2. The number of carboxylic acids is 1. The van der Waals surface area contributed by atoms with Crippen LogP contribution in [0.25, 0.3) is 10.6 Å². The molecule has 0 bridgehead atoms. The molecule has 9 heteroatoms. The molecule has 3 aromatic heterocycles. The Morgan fingerprint density at radius 2 is 2.03 bits per heavy atom. The monoisotopic (exact) mass is 468 g/mol. The smallest absolute Gasteiger partial charge is 0.307 e. The Morgan fingerprint density at radius 1 is 1.24 bits per heavy atom. The Bertz CT molecular complexity index is 1180. The summed E-state index contributed by atoms with van der Waals surface area (Å²) < 4.78 is 5.25. The predicted octanol–water partition coefficient (Wildman–Crippen LogP) is 4.76. The van der Waals surface area contributed by atoms with Crippen molar-refractivity contribution >= 4 is 28.9 Å². The first-order chi connectivity index (χ1) is 15.6. The fourth-order valence-corrected chi connectivity index (χ4v) is 5.57. The Kier molecular flexibility index (Phi) is 6.11. The van der Waals surface area contributed by atoms with Gasteiger partial charge in [-0.1, -0.05) is 13.8 Å². The third kappa shape index (κ3) is 4.84. The first-order valence-corrected chi connectivity index (χ1v) is 11.6. The summed E-state index contributed by atoms with van der Waals surface area (Å²) in [5, 5.41) is 24.7. The number of rotatable bonds is 6. The highest BCUT2D eigenvalue weighted by atomic mass is 32.1.